The summed E-state index contributed by atoms with van der Waals surface area (Å²) in [6.45, 7) is 10.1. The lowest BCUT2D eigenvalue weighted by molar-refractivity contribution is 0.0399. The van der Waals surface area contributed by atoms with Gasteiger partial charge >= 0.3 is 7.60 Å². The van der Waals surface area contributed by atoms with Crippen LogP contribution >= 0.6 is 7.60 Å². The highest BCUT2D eigenvalue weighted by molar-refractivity contribution is 7.57. The van der Waals surface area contributed by atoms with Gasteiger partial charge in [0, 0.05) is 11.7 Å². The molecule has 0 heterocycles. The van der Waals surface area contributed by atoms with Gasteiger partial charge in [0.2, 0.25) is 0 Å². The molecule has 0 radical (unpaired) electrons. The van der Waals surface area contributed by atoms with E-state index in [0.717, 1.165) is 31.2 Å². The number of unbranched alkanes of at least 4 members (excludes halogenated alkanes) is 2. The zero-order valence-electron chi connectivity index (χ0n) is 16.3. The van der Waals surface area contributed by atoms with E-state index in [4.69, 9.17) is 9.05 Å². The van der Waals surface area contributed by atoms with Crippen LogP contribution in [-0.2, 0) is 19.2 Å². The van der Waals surface area contributed by atoms with Gasteiger partial charge in [-0.1, -0.05) is 62.6 Å². The summed E-state index contributed by atoms with van der Waals surface area (Å²) < 4.78 is 23.4. The summed E-state index contributed by atoms with van der Waals surface area (Å²) in [5.41, 5.74) is -0.585. The molecule has 1 N–H and O–H groups in total. The summed E-state index contributed by atoms with van der Waals surface area (Å²) in [5, 5.41) is 11.6. The van der Waals surface area contributed by atoms with Crippen LogP contribution < -0.4 is 0 Å². The highest BCUT2D eigenvalue weighted by Crippen LogP contribution is 2.51. The first kappa shape index (κ1) is 22.9. The van der Waals surface area contributed by atoms with Crippen molar-refractivity contribution in [3.05, 3.63) is 60.4 Å². The predicted molar refractivity (Wildman–Crippen MR) is 108 cm³/mol. The highest BCUT2D eigenvalue weighted by Gasteiger charge is 2.35. The molecule has 146 valence electrons. The quantitative estimate of drug-likeness (QED) is 0.258. The molecular weight excluding hydrogens is 347 g/mol. The van der Waals surface area contributed by atoms with Crippen LogP contribution in [0.4, 0.5) is 0 Å². The number of rotatable bonds is 13. The number of hydrogen-bond donors (Lipinski definition) is 1. The summed E-state index contributed by atoms with van der Waals surface area (Å²) in [5.74, 6) is 1.19. The Labute approximate surface area is 158 Å². The number of hydrogen-bond acceptors (Lipinski definition) is 4. The van der Waals surface area contributed by atoms with E-state index in [0.29, 0.717) is 0 Å². The fourth-order valence-electron chi connectivity index (χ4n) is 2.96. The molecule has 0 saturated heterocycles. The normalized spacial score (nSPS) is 15.7. The first-order chi connectivity index (χ1) is 12.5. The van der Waals surface area contributed by atoms with Crippen molar-refractivity contribution in [2.24, 2.45) is 5.92 Å². The molecule has 2 atom stereocenters. The fourth-order valence-corrected chi connectivity index (χ4v) is 4.34. The Morgan fingerprint density at radius 1 is 1.15 bits per heavy atom. The Bertz CT molecular complexity index is 589. The zero-order chi connectivity index (χ0) is 19.5. The van der Waals surface area contributed by atoms with Crippen molar-refractivity contribution in [3.63, 3.8) is 0 Å². The maximum atomic E-state index is 12.8. The van der Waals surface area contributed by atoms with Gasteiger partial charge in [0.05, 0.1) is 13.2 Å². The second kappa shape index (κ2) is 11.5. The van der Waals surface area contributed by atoms with Crippen LogP contribution in [0.15, 0.2) is 54.9 Å². The first-order valence-corrected chi connectivity index (χ1v) is 11.1. The van der Waals surface area contributed by atoms with Gasteiger partial charge < -0.3 is 14.2 Å². The van der Waals surface area contributed by atoms with Gasteiger partial charge in [0.25, 0.3) is 0 Å². The van der Waals surface area contributed by atoms with Crippen molar-refractivity contribution in [2.45, 2.75) is 52.1 Å². The van der Waals surface area contributed by atoms with E-state index in [2.05, 4.69) is 13.5 Å². The minimum atomic E-state index is -3.39. The fraction of sp³-hybridized carbons (Fsp3) is 0.524. The molecule has 1 unspecified atom stereocenters. The predicted octanol–water partition coefficient (Wildman–Crippen LogP) is 6.04. The van der Waals surface area contributed by atoms with Crippen molar-refractivity contribution in [1.82, 2.24) is 0 Å². The molecule has 0 aliphatic carbocycles. The van der Waals surface area contributed by atoms with Gasteiger partial charge in [-0.05, 0) is 31.9 Å². The second-order valence-electron chi connectivity index (χ2n) is 6.22. The van der Waals surface area contributed by atoms with Gasteiger partial charge in [-0.3, -0.25) is 4.57 Å². The van der Waals surface area contributed by atoms with Crippen LogP contribution in [0.3, 0.4) is 0 Å². The molecular formula is C21H33O4P. The molecule has 1 rings (SSSR count). The molecule has 1 aromatic carbocycles. The van der Waals surface area contributed by atoms with Gasteiger partial charge in [-0.2, -0.15) is 0 Å². The highest BCUT2D eigenvalue weighted by atomic mass is 31.2. The molecule has 4 nitrogen and oxygen atoms in total. The summed E-state index contributed by atoms with van der Waals surface area (Å²) in [6.07, 6.45) is 7.32. The maximum absolute atomic E-state index is 12.8. The van der Waals surface area contributed by atoms with E-state index < -0.39 is 13.2 Å². The summed E-state index contributed by atoms with van der Waals surface area (Å²) in [4.78, 5) is 0. The smallest absolute Gasteiger partial charge is 0.353 e. The summed E-state index contributed by atoms with van der Waals surface area (Å²) in [7, 11) is -3.39. The number of aliphatic hydroxyl groups is 1. The lowest BCUT2D eigenvalue weighted by Gasteiger charge is -2.33. The van der Waals surface area contributed by atoms with E-state index >= 15 is 0 Å². The molecule has 1 aromatic rings. The third kappa shape index (κ3) is 6.51. The van der Waals surface area contributed by atoms with Crippen LogP contribution in [0.1, 0.15) is 52.0 Å². The minimum Gasteiger partial charge on any atom is -0.380 e. The topological polar surface area (TPSA) is 55.8 Å². The Balaban J connectivity index is 3.25. The third-order valence-electron chi connectivity index (χ3n) is 4.33. The molecule has 0 aliphatic heterocycles. The molecule has 5 heteroatoms. The van der Waals surface area contributed by atoms with Crippen molar-refractivity contribution in [3.8, 4) is 0 Å². The Morgan fingerprint density at radius 3 is 2.27 bits per heavy atom. The van der Waals surface area contributed by atoms with E-state index in [-0.39, 0.29) is 19.1 Å². The zero-order valence-corrected chi connectivity index (χ0v) is 17.2. The molecule has 0 fully saturated rings. The average Bonchev–Trinajstić information content (AvgIpc) is 2.65. The van der Waals surface area contributed by atoms with E-state index in [9.17, 15) is 9.67 Å². The monoisotopic (exact) mass is 380 g/mol. The molecule has 0 saturated carbocycles. The Hall–Kier alpha value is -1.19. The van der Waals surface area contributed by atoms with Crippen molar-refractivity contribution < 1.29 is 18.7 Å². The molecule has 0 spiro atoms. The average molecular weight is 380 g/mol. The molecule has 0 bridgehead atoms. The lowest BCUT2D eigenvalue weighted by Crippen LogP contribution is -2.32. The molecule has 0 aromatic heterocycles. The summed E-state index contributed by atoms with van der Waals surface area (Å²) in [6, 6.07) is 9.40. The summed E-state index contributed by atoms with van der Waals surface area (Å²) >= 11 is 0. The van der Waals surface area contributed by atoms with Crippen LogP contribution in [0.5, 0.6) is 0 Å². The Kier molecular flexibility index (Phi) is 10.1. The lowest BCUT2D eigenvalue weighted by atomic mass is 9.78. The molecule has 0 amide bonds. The van der Waals surface area contributed by atoms with Gasteiger partial charge in [-0.15, -0.1) is 6.58 Å². The van der Waals surface area contributed by atoms with E-state index in [1.54, 1.807) is 26.0 Å². The van der Waals surface area contributed by atoms with E-state index in [1.807, 2.05) is 30.3 Å². The van der Waals surface area contributed by atoms with Crippen LogP contribution in [0, 0.1) is 5.92 Å². The van der Waals surface area contributed by atoms with Crippen LogP contribution in [0.25, 0.3) is 0 Å². The van der Waals surface area contributed by atoms with E-state index in [1.165, 1.54) is 5.82 Å². The first-order valence-electron chi connectivity index (χ1n) is 9.45. The number of benzene rings is 1. The SMILES string of the molecule is C=CC(CCCCC)[C@@](O)(/C=C/P(=O)(OCC)OCC)c1ccccc1. The second-order valence-corrected chi connectivity index (χ2v) is 8.11. The van der Waals surface area contributed by atoms with Crippen LogP contribution in [0.2, 0.25) is 0 Å². The van der Waals surface area contributed by atoms with Gasteiger partial charge in [-0.25, -0.2) is 0 Å². The molecule has 26 heavy (non-hydrogen) atoms. The Morgan fingerprint density at radius 2 is 1.77 bits per heavy atom. The van der Waals surface area contributed by atoms with Crippen molar-refractivity contribution in [2.75, 3.05) is 13.2 Å². The third-order valence-corrected chi connectivity index (χ3v) is 6.08. The van der Waals surface area contributed by atoms with Gasteiger partial charge in [0.1, 0.15) is 5.60 Å². The van der Waals surface area contributed by atoms with Crippen molar-refractivity contribution >= 4 is 7.60 Å². The molecule has 0 aliphatic rings. The van der Waals surface area contributed by atoms with Crippen LogP contribution in [-0.4, -0.2) is 18.3 Å². The minimum absolute atomic E-state index is 0.204. The maximum Gasteiger partial charge on any atom is 0.353 e. The van der Waals surface area contributed by atoms with Gasteiger partial charge in [0.15, 0.2) is 0 Å². The van der Waals surface area contributed by atoms with Crippen molar-refractivity contribution in [1.29, 1.82) is 0 Å². The largest absolute Gasteiger partial charge is 0.380 e. The standard InChI is InChI=1S/C21H33O4P/c1-5-9-11-14-19(6-2)21(22,20-15-12-10-13-16-20)17-18-26(23,24-7-3)25-8-4/h6,10,12-13,15-19,22H,2,5,7-9,11,14H2,1,3-4H3/b18-17+/t19?,21-/m0/s1.